The van der Waals surface area contributed by atoms with Gasteiger partial charge in [-0.2, -0.15) is 5.26 Å². The molecule has 2 aromatic carbocycles. The third-order valence-corrected chi connectivity index (χ3v) is 3.21. The summed E-state index contributed by atoms with van der Waals surface area (Å²) >= 11 is 0. The number of hydrogen-bond acceptors (Lipinski definition) is 3. The predicted molar refractivity (Wildman–Crippen MR) is 85.9 cm³/mol. The number of urea groups is 1. The second-order valence-electron chi connectivity index (χ2n) is 5.02. The summed E-state index contributed by atoms with van der Waals surface area (Å²) in [5.74, 6) is -0.594. The van der Waals surface area contributed by atoms with Gasteiger partial charge < -0.3 is 4.90 Å². The largest absolute Gasteiger partial charge is 0.324 e. The monoisotopic (exact) mass is 307 g/mol. The molecule has 2 rings (SSSR count). The van der Waals surface area contributed by atoms with Crippen LogP contribution in [0.1, 0.15) is 17.5 Å². The van der Waals surface area contributed by atoms with Crippen LogP contribution in [0, 0.1) is 11.3 Å². The summed E-state index contributed by atoms with van der Waals surface area (Å²) in [7, 11) is 0. The maximum Gasteiger partial charge on any atom is 0.324 e. The van der Waals surface area contributed by atoms with Crippen LogP contribution in [0.15, 0.2) is 60.7 Å². The van der Waals surface area contributed by atoms with Crippen LogP contribution in [0.4, 0.5) is 4.79 Å². The SMILES string of the molecule is N#CCC(=O)NC(=O)N(Cc1ccccc1)Cc1ccccc1. The van der Waals surface area contributed by atoms with E-state index in [1.807, 2.05) is 60.7 Å². The number of hydrogen-bond donors (Lipinski definition) is 1. The van der Waals surface area contributed by atoms with Gasteiger partial charge in [-0.1, -0.05) is 60.7 Å². The van der Waals surface area contributed by atoms with Crippen LogP contribution in [0.5, 0.6) is 0 Å². The minimum Gasteiger partial charge on any atom is -0.316 e. The van der Waals surface area contributed by atoms with Crippen molar-refractivity contribution in [3.8, 4) is 6.07 Å². The minimum absolute atomic E-state index is 0.337. The summed E-state index contributed by atoms with van der Waals surface area (Å²) in [6.45, 7) is 0.753. The van der Waals surface area contributed by atoms with Crippen LogP contribution in [0.2, 0.25) is 0 Å². The molecule has 5 heteroatoms. The van der Waals surface area contributed by atoms with Gasteiger partial charge in [0.25, 0.3) is 0 Å². The molecule has 0 fully saturated rings. The number of nitrogens with one attached hydrogen (secondary N) is 1. The molecule has 0 atom stereocenters. The zero-order chi connectivity index (χ0) is 16.5. The molecule has 2 aromatic rings. The Morgan fingerprint density at radius 3 is 1.83 bits per heavy atom. The molecule has 1 N–H and O–H groups in total. The number of benzene rings is 2. The molecule has 0 saturated heterocycles. The Morgan fingerprint density at radius 2 is 1.39 bits per heavy atom. The molecule has 3 amide bonds. The molecule has 0 spiro atoms. The number of nitrogens with zero attached hydrogens (tertiary/aromatic N) is 2. The smallest absolute Gasteiger partial charge is 0.316 e. The van der Waals surface area contributed by atoms with E-state index >= 15 is 0 Å². The maximum atomic E-state index is 12.3. The molecule has 0 unspecified atom stereocenters. The number of nitriles is 1. The van der Waals surface area contributed by atoms with Crippen LogP contribution in [0.3, 0.4) is 0 Å². The number of rotatable bonds is 5. The summed E-state index contributed by atoms with van der Waals surface area (Å²) in [4.78, 5) is 25.3. The van der Waals surface area contributed by atoms with E-state index in [1.54, 1.807) is 11.0 Å². The fourth-order valence-electron chi connectivity index (χ4n) is 2.12. The quantitative estimate of drug-likeness (QED) is 0.923. The lowest BCUT2D eigenvalue weighted by molar-refractivity contribution is -0.119. The Hall–Kier alpha value is -3.13. The number of imide groups is 1. The van der Waals surface area contributed by atoms with Crippen LogP contribution < -0.4 is 5.32 Å². The average molecular weight is 307 g/mol. The van der Waals surface area contributed by atoms with Crippen molar-refractivity contribution in [2.75, 3.05) is 0 Å². The van der Waals surface area contributed by atoms with Gasteiger partial charge in [0.1, 0.15) is 6.42 Å². The summed E-state index contributed by atoms with van der Waals surface area (Å²) in [6, 6.07) is 20.3. The van der Waals surface area contributed by atoms with Crippen molar-refractivity contribution in [1.82, 2.24) is 10.2 Å². The van der Waals surface area contributed by atoms with Gasteiger partial charge in [-0.05, 0) is 11.1 Å². The van der Waals surface area contributed by atoms with E-state index in [0.717, 1.165) is 11.1 Å². The van der Waals surface area contributed by atoms with Crippen molar-refractivity contribution in [3.05, 3.63) is 71.8 Å². The Labute approximate surface area is 135 Å². The van der Waals surface area contributed by atoms with Crippen molar-refractivity contribution in [3.63, 3.8) is 0 Å². The van der Waals surface area contributed by atoms with Gasteiger partial charge in [0, 0.05) is 13.1 Å². The molecule has 116 valence electrons. The van der Waals surface area contributed by atoms with Crippen LogP contribution in [0.25, 0.3) is 0 Å². The molecule has 0 bridgehead atoms. The fraction of sp³-hybridized carbons (Fsp3) is 0.167. The van der Waals surface area contributed by atoms with Crippen molar-refractivity contribution in [2.45, 2.75) is 19.5 Å². The number of amides is 3. The highest BCUT2D eigenvalue weighted by Crippen LogP contribution is 2.10. The van der Waals surface area contributed by atoms with Gasteiger partial charge in [0.2, 0.25) is 5.91 Å². The first-order valence-electron chi connectivity index (χ1n) is 7.22. The van der Waals surface area contributed by atoms with Crippen molar-refractivity contribution in [1.29, 1.82) is 5.26 Å². The first-order chi connectivity index (χ1) is 11.2. The summed E-state index contributed by atoms with van der Waals surface area (Å²) in [5, 5.41) is 10.8. The predicted octanol–water partition coefficient (Wildman–Crippen LogP) is 2.84. The van der Waals surface area contributed by atoms with E-state index < -0.39 is 11.9 Å². The van der Waals surface area contributed by atoms with Gasteiger partial charge >= 0.3 is 6.03 Å². The van der Waals surface area contributed by atoms with Gasteiger partial charge in [-0.25, -0.2) is 4.79 Å². The molecule has 0 aliphatic heterocycles. The second-order valence-corrected chi connectivity index (χ2v) is 5.02. The lowest BCUT2D eigenvalue weighted by Crippen LogP contribution is -2.42. The molecule has 0 aliphatic carbocycles. The second kappa shape index (κ2) is 8.35. The number of carbonyl (C=O) groups is 2. The average Bonchev–Trinajstić information content (AvgIpc) is 2.56. The topological polar surface area (TPSA) is 73.2 Å². The minimum atomic E-state index is -0.594. The van der Waals surface area contributed by atoms with E-state index in [1.165, 1.54) is 0 Å². The first kappa shape index (κ1) is 16.2. The third kappa shape index (κ3) is 5.29. The Kier molecular flexibility index (Phi) is 5.89. The van der Waals surface area contributed by atoms with Gasteiger partial charge in [-0.15, -0.1) is 0 Å². The Morgan fingerprint density at radius 1 is 0.913 bits per heavy atom. The van der Waals surface area contributed by atoms with E-state index in [4.69, 9.17) is 5.26 Å². The van der Waals surface area contributed by atoms with E-state index in [9.17, 15) is 9.59 Å². The third-order valence-electron chi connectivity index (χ3n) is 3.21. The highest BCUT2D eigenvalue weighted by atomic mass is 16.2. The van der Waals surface area contributed by atoms with Gasteiger partial charge in [-0.3, -0.25) is 10.1 Å². The van der Waals surface area contributed by atoms with E-state index in [-0.39, 0.29) is 6.42 Å². The lowest BCUT2D eigenvalue weighted by atomic mass is 10.2. The maximum absolute atomic E-state index is 12.3. The molecule has 0 saturated carbocycles. The summed E-state index contributed by atoms with van der Waals surface area (Å²) in [5.41, 5.74) is 1.93. The molecule has 0 aromatic heterocycles. The normalized spacial score (nSPS) is 9.70. The van der Waals surface area contributed by atoms with Crippen LogP contribution in [-0.4, -0.2) is 16.8 Å². The van der Waals surface area contributed by atoms with Gasteiger partial charge in [0.15, 0.2) is 0 Å². The molecule has 0 radical (unpaired) electrons. The van der Waals surface area contributed by atoms with Crippen molar-refractivity contribution >= 4 is 11.9 Å². The fourth-order valence-corrected chi connectivity index (χ4v) is 2.12. The van der Waals surface area contributed by atoms with Crippen LogP contribution >= 0.6 is 0 Å². The molecular weight excluding hydrogens is 290 g/mol. The lowest BCUT2D eigenvalue weighted by Gasteiger charge is -2.23. The molecule has 5 nitrogen and oxygen atoms in total. The molecule has 23 heavy (non-hydrogen) atoms. The molecule has 0 heterocycles. The van der Waals surface area contributed by atoms with Crippen molar-refractivity contribution < 1.29 is 9.59 Å². The Balaban J connectivity index is 2.12. The molecule has 0 aliphatic rings. The van der Waals surface area contributed by atoms with Crippen molar-refractivity contribution in [2.24, 2.45) is 0 Å². The summed E-state index contributed by atoms with van der Waals surface area (Å²) < 4.78 is 0. The van der Waals surface area contributed by atoms with E-state index in [2.05, 4.69) is 5.32 Å². The summed E-state index contributed by atoms with van der Waals surface area (Å²) in [6.07, 6.45) is -0.337. The van der Waals surface area contributed by atoms with Gasteiger partial charge in [0.05, 0.1) is 6.07 Å². The van der Waals surface area contributed by atoms with E-state index in [0.29, 0.717) is 13.1 Å². The Bertz CT molecular complexity index is 652. The number of carbonyl (C=O) groups excluding carboxylic acids is 2. The zero-order valence-corrected chi connectivity index (χ0v) is 12.6. The first-order valence-corrected chi connectivity index (χ1v) is 7.22. The zero-order valence-electron chi connectivity index (χ0n) is 12.6. The van der Waals surface area contributed by atoms with Crippen LogP contribution in [-0.2, 0) is 17.9 Å². The highest BCUT2D eigenvalue weighted by molar-refractivity contribution is 5.95. The molecular formula is C18H17N3O2. The standard InChI is InChI=1S/C18H17N3O2/c19-12-11-17(22)20-18(23)21(13-15-7-3-1-4-8-15)14-16-9-5-2-6-10-16/h1-10H,11,13-14H2,(H,20,22,23). The highest BCUT2D eigenvalue weighted by Gasteiger charge is 2.17.